The maximum Gasteiger partial charge on any atom is 0.416 e. The van der Waals surface area contributed by atoms with E-state index in [4.69, 9.17) is 10.5 Å². The molecule has 1 atom stereocenters. The third-order valence-electron chi connectivity index (χ3n) is 4.38. The second-order valence-electron chi connectivity index (χ2n) is 6.86. The van der Waals surface area contributed by atoms with Crippen LogP contribution in [0.15, 0.2) is 24.3 Å². The molecule has 7 heteroatoms. The summed E-state index contributed by atoms with van der Waals surface area (Å²) in [6.07, 6.45) is -2.55. The molecule has 1 amide bonds. The lowest BCUT2D eigenvalue weighted by Gasteiger charge is -2.25. The molecule has 1 aliphatic rings. The van der Waals surface area contributed by atoms with Crippen molar-refractivity contribution in [3.8, 4) is 0 Å². The molecule has 1 aliphatic heterocycles. The summed E-state index contributed by atoms with van der Waals surface area (Å²) in [5, 5.41) is 0. The highest BCUT2D eigenvalue weighted by atomic mass is 19.4. The average molecular weight is 344 g/mol. The van der Waals surface area contributed by atoms with Gasteiger partial charge in [-0.05, 0) is 63.3 Å². The van der Waals surface area contributed by atoms with Crippen LogP contribution in [0.3, 0.4) is 0 Å². The van der Waals surface area contributed by atoms with Crippen LogP contribution in [0, 0.1) is 5.92 Å². The van der Waals surface area contributed by atoms with Crippen LogP contribution in [-0.4, -0.2) is 24.8 Å². The molecule has 1 aromatic rings. The fourth-order valence-corrected chi connectivity index (χ4v) is 3.04. The maximum atomic E-state index is 12.6. The van der Waals surface area contributed by atoms with Gasteiger partial charge in [0, 0.05) is 18.8 Å². The number of carbonyl (C=O) groups excluding carboxylic acids is 1. The Balaban J connectivity index is 1.88. The Hall–Kier alpha value is -1.92. The van der Waals surface area contributed by atoms with Crippen LogP contribution in [0.2, 0.25) is 0 Å². The van der Waals surface area contributed by atoms with Gasteiger partial charge in [0.05, 0.1) is 5.56 Å². The Bertz CT molecular complexity index is 570. The van der Waals surface area contributed by atoms with Crippen LogP contribution in [-0.2, 0) is 10.9 Å². The molecule has 1 unspecified atom stereocenters. The standard InChI is InChI=1S/C17H23F3N2O2/c1-16(2,24-15(21)23)9-7-12-8-10-22(11-12)14-5-3-13(4-6-14)17(18,19)20/h3-6,12H,7-11H2,1-2H3,(H2,21,23). The zero-order valence-corrected chi connectivity index (χ0v) is 13.9. The molecule has 1 fully saturated rings. The molecule has 4 nitrogen and oxygen atoms in total. The molecule has 0 saturated carbocycles. The second-order valence-corrected chi connectivity index (χ2v) is 6.86. The first kappa shape index (κ1) is 18.4. The average Bonchev–Trinajstić information content (AvgIpc) is 2.92. The van der Waals surface area contributed by atoms with E-state index in [0.29, 0.717) is 12.3 Å². The van der Waals surface area contributed by atoms with Gasteiger partial charge in [0.25, 0.3) is 0 Å². The van der Waals surface area contributed by atoms with Crippen molar-refractivity contribution in [2.75, 3.05) is 18.0 Å². The molecule has 2 rings (SSSR count). The molecule has 0 aliphatic carbocycles. The molecular formula is C17H23F3N2O2. The van der Waals surface area contributed by atoms with Crippen LogP contribution in [0.1, 0.15) is 38.7 Å². The molecular weight excluding hydrogens is 321 g/mol. The number of hydrogen-bond acceptors (Lipinski definition) is 3. The van der Waals surface area contributed by atoms with E-state index in [2.05, 4.69) is 4.90 Å². The summed E-state index contributed by atoms with van der Waals surface area (Å²) < 4.78 is 42.9. The summed E-state index contributed by atoms with van der Waals surface area (Å²) in [7, 11) is 0. The van der Waals surface area contributed by atoms with Gasteiger partial charge in [-0.15, -0.1) is 0 Å². The molecule has 2 N–H and O–H groups in total. The van der Waals surface area contributed by atoms with Crippen molar-refractivity contribution in [1.29, 1.82) is 0 Å². The van der Waals surface area contributed by atoms with Gasteiger partial charge in [-0.3, -0.25) is 0 Å². The number of nitrogens with two attached hydrogens (primary N) is 1. The molecule has 24 heavy (non-hydrogen) atoms. The van der Waals surface area contributed by atoms with Crippen molar-refractivity contribution < 1.29 is 22.7 Å². The first-order chi connectivity index (χ1) is 11.1. The third kappa shape index (κ3) is 5.04. The van der Waals surface area contributed by atoms with Gasteiger partial charge in [0.1, 0.15) is 5.60 Å². The van der Waals surface area contributed by atoms with E-state index in [1.54, 1.807) is 0 Å². The molecule has 1 aromatic carbocycles. The molecule has 134 valence electrons. The molecule has 0 aromatic heterocycles. The number of amides is 1. The number of nitrogens with zero attached hydrogens (tertiary/aromatic N) is 1. The van der Waals surface area contributed by atoms with Gasteiger partial charge in [-0.2, -0.15) is 13.2 Å². The summed E-state index contributed by atoms with van der Waals surface area (Å²) >= 11 is 0. The third-order valence-corrected chi connectivity index (χ3v) is 4.38. The molecule has 0 bridgehead atoms. The summed E-state index contributed by atoms with van der Waals surface area (Å²) in [5.41, 5.74) is 4.62. The molecule has 0 radical (unpaired) electrons. The Morgan fingerprint density at radius 3 is 2.46 bits per heavy atom. The molecule has 0 spiro atoms. The monoisotopic (exact) mass is 344 g/mol. The van der Waals surface area contributed by atoms with Crippen LogP contribution in [0.4, 0.5) is 23.7 Å². The van der Waals surface area contributed by atoms with Crippen molar-refractivity contribution in [2.45, 2.75) is 44.9 Å². The minimum absolute atomic E-state index is 0.419. The predicted molar refractivity (Wildman–Crippen MR) is 85.7 cm³/mol. The molecule has 1 heterocycles. The maximum absolute atomic E-state index is 12.6. The topological polar surface area (TPSA) is 55.6 Å². The van der Waals surface area contributed by atoms with Crippen molar-refractivity contribution in [3.63, 3.8) is 0 Å². The Kier molecular flexibility index (Phi) is 5.30. The molecule has 1 saturated heterocycles. The SMILES string of the molecule is CC(C)(CCC1CCN(c2ccc(C(F)(F)F)cc2)C1)OC(N)=O. The Morgan fingerprint density at radius 1 is 1.29 bits per heavy atom. The Morgan fingerprint density at radius 2 is 1.92 bits per heavy atom. The van der Waals surface area contributed by atoms with Gasteiger partial charge in [0.2, 0.25) is 0 Å². The van der Waals surface area contributed by atoms with Crippen LogP contribution in [0.25, 0.3) is 0 Å². The highest BCUT2D eigenvalue weighted by Crippen LogP contribution is 2.33. The van der Waals surface area contributed by atoms with E-state index in [1.807, 2.05) is 13.8 Å². The van der Waals surface area contributed by atoms with E-state index in [1.165, 1.54) is 12.1 Å². The first-order valence-electron chi connectivity index (χ1n) is 7.97. The van der Waals surface area contributed by atoms with Gasteiger partial charge in [0.15, 0.2) is 0 Å². The number of benzene rings is 1. The smallest absolute Gasteiger partial charge is 0.416 e. The van der Waals surface area contributed by atoms with Gasteiger partial charge >= 0.3 is 12.3 Å². The van der Waals surface area contributed by atoms with E-state index in [9.17, 15) is 18.0 Å². The summed E-state index contributed by atoms with van der Waals surface area (Å²) in [6.45, 7) is 5.24. The van der Waals surface area contributed by atoms with Crippen molar-refractivity contribution in [1.82, 2.24) is 0 Å². The van der Waals surface area contributed by atoms with E-state index in [0.717, 1.165) is 43.8 Å². The van der Waals surface area contributed by atoms with Crippen LogP contribution < -0.4 is 10.6 Å². The van der Waals surface area contributed by atoms with Crippen molar-refractivity contribution in [2.24, 2.45) is 11.7 Å². The minimum atomic E-state index is -4.31. The predicted octanol–water partition coefficient (Wildman–Crippen LogP) is 4.19. The summed E-state index contributed by atoms with van der Waals surface area (Å²) in [6, 6.07) is 5.27. The number of rotatable bonds is 5. The van der Waals surface area contributed by atoms with Gasteiger partial charge < -0.3 is 15.4 Å². The zero-order valence-electron chi connectivity index (χ0n) is 13.9. The van der Waals surface area contributed by atoms with Crippen molar-refractivity contribution >= 4 is 11.8 Å². The summed E-state index contributed by atoms with van der Waals surface area (Å²) in [4.78, 5) is 12.9. The Labute approximate surface area is 139 Å². The van der Waals surface area contributed by atoms with Gasteiger partial charge in [-0.25, -0.2) is 4.79 Å². The largest absolute Gasteiger partial charge is 0.444 e. The lowest BCUT2D eigenvalue weighted by molar-refractivity contribution is -0.137. The normalized spacial score (nSPS) is 18.7. The number of anilines is 1. The number of carbonyl (C=O) groups is 1. The number of halogens is 3. The van der Waals surface area contributed by atoms with E-state index < -0.39 is 23.4 Å². The fourth-order valence-electron chi connectivity index (χ4n) is 3.04. The second kappa shape index (κ2) is 6.91. The highest BCUT2D eigenvalue weighted by molar-refractivity contribution is 5.65. The number of alkyl halides is 3. The van der Waals surface area contributed by atoms with Gasteiger partial charge in [-0.1, -0.05) is 0 Å². The highest BCUT2D eigenvalue weighted by Gasteiger charge is 2.31. The first-order valence-corrected chi connectivity index (χ1v) is 7.97. The van der Waals surface area contributed by atoms with E-state index >= 15 is 0 Å². The lowest BCUT2D eigenvalue weighted by Crippen LogP contribution is -2.31. The van der Waals surface area contributed by atoms with Crippen LogP contribution in [0.5, 0.6) is 0 Å². The number of hydrogen-bond donors (Lipinski definition) is 1. The summed E-state index contributed by atoms with van der Waals surface area (Å²) in [5.74, 6) is 0.419. The quantitative estimate of drug-likeness (QED) is 0.871. The van der Waals surface area contributed by atoms with Crippen LogP contribution >= 0.6 is 0 Å². The zero-order chi connectivity index (χ0) is 18.0. The minimum Gasteiger partial charge on any atom is -0.444 e. The van der Waals surface area contributed by atoms with E-state index in [-0.39, 0.29) is 0 Å². The number of primary amides is 1. The fraction of sp³-hybridized carbons (Fsp3) is 0.588. The number of ether oxygens (including phenoxy) is 1. The lowest BCUT2D eigenvalue weighted by atomic mass is 9.94. The van der Waals surface area contributed by atoms with Crippen molar-refractivity contribution in [3.05, 3.63) is 29.8 Å².